The minimum atomic E-state index is -0.403. The maximum Gasteiger partial charge on any atom is 0.266 e. The number of anilines is 3. The molecule has 0 atom stereocenters. The van der Waals surface area contributed by atoms with Crippen LogP contribution in [-0.2, 0) is 9.59 Å². The number of aryl methyl sites for hydroxylation is 1. The molecule has 0 unspecified atom stereocenters. The molecular weight excluding hydrogens is 278 g/mol. The third-order valence-corrected chi connectivity index (χ3v) is 3.65. The lowest BCUT2D eigenvalue weighted by Gasteiger charge is -2.17. The van der Waals surface area contributed by atoms with E-state index in [0.717, 1.165) is 16.0 Å². The predicted molar refractivity (Wildman–Crippen MR) is 86.9 cm³/mol. The van der Waals surface area contributed by atoms with Gasteiger partial charge in [-0.3, -0.25) is 9.59 Å². The Bertz CT molecular complexity index is 824. The number of imide groups is 1. The topological polar surface area (TPSA) is 89.4 Å². The fourth-order valence-electron chi connectivity index (χ4n) is 2.54. The van der Waals surface area contributed by atoms with Gasteiger partial charge in [-0.2, -0.15) is 0 Å². The highest BCUT2D eigenvalue weighted by molar-refractivity contribution is 6.44. The number of rotatable bonds is 2. The zero-order valence-electron chi connectivity index (χ0n) is 12.0. The van der Waals surface area contributed by atoms with Gasteiger partial charge >= 0.3 is 0 Å². The van der Waals surface area contributed by atoms with Crippen molar-refractivity contribution in [2.24, 2.45) is 0 Å². The van der Waals surface area contributed by atoms with Gasteiger partial charge in [-0.05, 0) is 36.2 Å². The third kappa shape index (κ3) is 2.13. The first kappa shape index (κ1) is 13.9. The number of benzene rings is 2. The molecule has 0 radical (unpaired) electrons. The monoisotopic (exact) mass is 293 g/mol. The molecule has 22 heavy (non-hydrogen) atoms. The van der Waals surface area contributed by atoms with Crippen molar-refractivity contribution in [1.82, 2.24) is 0 Å². The van der Waals surface area contributed by atoms with Crippen molar-refractivity contribution in [3.63, 3.8) is 0 Å². The van der Waals surface area contributed by atoms with Crippen LogP contribution in [0.5, 0.6) is 0 Å². The summed E-state index contributed by atoms with van der Waals surface area (Å²) in [6.07, 6.45) is 1.35. The molecule has 2 aromatic rings. The molecule has 4 N–H and O–H groups in total. The highest BCUT2D eigenvalue weighted by Gasteiger charge is 2.34. The van der Waals surface area contributed by atoms with E-state index in [4.69, 9.17) is 11.5 Å². The van der Waals surface area contributed by atoms with Gasteiger partial charge < -0.3 is 11.5 Å². The van der Waals surface area contributed by atoms with Gasteiger partial charge in [0, 0.05) is 11.8 Å². The van der Waals surface area contributed by atoms with Gasteiger partial charge in [0.05, 0.1) is 16.9 Å². The SMILES string of the molecule is Cc1ccccc1C1=CC(=O)N(c2ccc(N)cc2N)C1=O. The molecule has 5 heteroatoms. The second-order valence-corrected chi connectivity index (χ2v) is 5.17. The molecule has 1 aliphatic rings. The van der Waals surface area contributed by atoms with Crippen molar-refractivity contribution in [2.75, 3.05) is 16.4 Å². The van der Waals surface area contributed by atoms with Crippen LogP contribution in [-0.4, -0.2) is 11.8 Å². The fraction of sp³-hybridized carbons (Fsp3) is 0.0588. The minimum Gasteiger partial charge on any atom is -0.399 e. The number of carbonyl (C=O) groups is 2. The van der Waals surface area contributed by atoms with Crippen LogP contribution in [0.25, 0.3) is 5.57 Å². The minimum absolute atomic E-state index is 0.293. The normalized spacial score (nSPS) is 14.4. The van der Waals surface area contributed by atoms with Gasteiger partial charge in [0.15, 0.2) is 0 Å². The van der Waals surface area contributed by atoms with Gasteiger partial charge in [0.2, 0.25) is 0 Å². The maximum absolute atomic E-state index is 12.7. The summed E-state index contributed by atoms with van der Waals surface area (Å²) in [4.78, 5) is 26.0. The van der Waals surface area contributed by atoms with Crippen molar-refractivity contribution in [1.29, 1.82) is 0 Å². The van der Waals surface area contributed by atoms with Gasteiger partial charge in [-0.15, -0.1) is 0 Å². The Morgan fingerprint density at radius 3 is 2.41 bits per heavy atom. The molecule has 0 aromatic heterocycles. The molecule has 5 nitrogen and oxygen atoms in total. The van der Waals surface area contributed by atoms with E-state index in [-0.39, 0.29) is 5.91 Å². The molecule has 0 saturated heterocycles. The van der Waals surface area contributed by atoms with Gasteiger partial charge in [-0.25, -0.2) is 4.90 Å². The molecule has 1 aliphatic heterocycles. The average Bonchev–Trinajstić information content (AvgIpc) is 2.75. The Labute approximate surface area is 127 Å². The summed E-state index contributed by atoms with van der Waals surface area (Å²) in [5, 5.41) is 0. The Morgan fingerprint density at radius 2 is 1.73 bits per heavy atom. The zero-order chi connectivity index (χ0) is 15.9. The number of nitrogen functional groups attached to an aromatic ring is 2. The van der Waals surface area contributed by atoms with Crippen LogP contribution in [0.15, 0.2) is 48.5 Å². The van der Waals surface area contributed by atoms with E-state index < -0.39 is 5.91 Å². The molecule has 2 amide bonds. The van der Waals surface area contributed by atoms with Crippen LogP contribution in [0.3, 0.4) is 0 Å². The van der Waals surface area contributed by atoms with E-state index in [1.807, 2.05) is 31.2 Å². The Kier molecular flexibility index (Phi) is 3.18. The molecule has 0 bridgehead atoms. The summed E-state index contributed by atoms with van der Waals surface area (Å²) < 4.78 is 0. The van der Waals surface area contributed by atoms with Crippen LogP contribution in [0, 0.1) is 6.92 Å². The number of hydrogen-bond donors (Lipinski definition) is 2. The van der Waals surface area contributed by atoms with Crippen LogP contribution in [0.1, 0.15) is 11.1 Å². The van der Waals surface area contributed by atoms with Crippen molar-refractivity contribution in [2.45, 2.75) is 6.92 Å². The summed E-state index contributed by atoms with van der Waals surface area (Å²) in [5.74, 6) is -0.782. The van der Waals surface area contributed by atoms with E-state index in [0.29, 0.717) is 22.6 Å². The van der Waals surface area contributed by atoms with Crippen LogP contribution < -0.4 is 16.4 Å². The quantitative estimate of drug-likeness (QED) is 0.655. The van der Waals surface area contributed by atoms with Crippen molar-refractivity contribution < 1.29 is 9.59 Å². The van der Waals surface area contributed by atoms with E-state index in [9.17, 15) is 9.59 Å². The van der Waals surface area contributed by atoms with Crippen molar-refractivity contribution in [3.05, 3.63) is 59.7 Å². The van der Waals surface area contributed by atoms with Crippen LogP contribution in [0.4, 0.5) is 17.1 Å². The van der Waals surface area contributed by atoms with Crippen molar-refractivity contribution in [3.8, 4) is 0 Å². The number of hydrogen-bond acceptors (Lipinski definition) is 4. The largest absolute Gasteiger partial charge is 0.399 e. The lowest BCUT2D eigenvalue weighted by atomic mass is 10.0. The Balaban J connectivity index is 2.04. The summed E-state index contributed by atoms with van der Waals surface area (Å²) in [7, 11) is 0. The molecular formula is C17H15N3O2. The number of amides is 2. The van der Waals surface area contributed by atoms with Crippen LogP contribution >= 0.6 is 0 Å². The standard InChI is InChI=1S/C17H15N3O2/c1-10-4-2-3-5-12(10)13-9-16(21)20(17(13)22)15-7-6-11(18)8-14(15)19/h2-9H,18-19H2,1H3. The van der Waals surface area contributed by atoms with E-state index in [2.05, 4.69) is 0 Å². The Morgan fingerprint density at radius 1 is 1.00 bits per heavy atom. The van der Waals surface area contributed by atoms with E-state index in [1.54, 1.807) is 12.1 Å². The first-order chi connectivity index (χ1) is 10.5. The highest BCUT2D eigenvalue weighted by atomic mass is 16.2. The van der Waals surface area contributed by atoms with E-state index >= 15 is 0 Å². The maximum atomic E-state index is 12.7. The lowest BCUT2D eigenvalue weighted by Crippen LogP contribution is -2.31. The first-order valence-corrected chi connectivity index (χ1v) is 6.80. The molecule has 0 saturated carbocycles. The molecule has 2 aromatic carbocycles. The number of nitrogens with zero attached hydrogens (tertiary/aromatic N) is 1. The zero-order valence-corrected chi connectivity index (χ0v) is 12.0. The first-order valence-electron chi connectivity index (χ1n) is 6.80. The second-order valence-electron chi connectivity index (χ2n) is 5.17. The summed E-state index contributed by atoms with van der Waals surface area (Å²) in [6.45, 7) is 1.90. The Hall–Kier alpha value is -3.08. The number of carbonyl (C=O) groups excluding carboxylic acids is 2. The van der Waals surface area contributed by atoms with Crippen molar-refractivity contribution >= 4 is 34.4 Å². The smallest absolute Gasteiger partial charge is 0.266 e. The predicted octanol–water partition coefficient (Wildman–Crippen LogP) is 2.12. The molecule has 0 fully saturated rings. The molecule has 0 aliphatic carbocycles. The highest BCUT2D eigenvalue weighted by Crippen LogP contribution is 2.33. The summed E-state index contributed by atoms with van der Waals surface area (Å²) in [6, 6.07) is 12.2. The molecule has 110 valence electrons. The fourth-order valence-corrected chi connectivity index (χ4v) is 2.54. The van der Waals surface area contributed by atoms with Gasteiger partial charge in [0.1, 0.15) is 0 Å². The number of nitrogens with two attached hydrogens (primary N) is 2. The molecule has 1 heterocycles. The van der Waals surface area contributed by atoms with E-state index in [1.165, 1.54) is 12.1 Å². The third-order valence-electron chi connectivity index (χ3n) is 3.65. The molecule has 0 spiro atoms. The second kappa shape index (κ2) is 5.04. The van der Waals surface area contributed by atoms with Gasteiger partial charge in [0.25, 0.3) is 11.8 Å². The average molecular weight is 293 g/mol. The summed E-state index contributed by atoms with van der Waals surface area (Å²) >= 11 is 0. The lowest BCUT2D eigenvalue weighted by molar-refractivity contribution is -0.119. The van der Waals surface area contributed by atoms with Gasteiger partial charge in [-0.1, -0.05) is 24.3 Å². The van der Waals surface area contributed by atoms with Crippen LogP contribution in [0.2, 0.25) is 0 Å². The molecule has 3 rings (SSSR count). The summed E-state index contributed by atoms with van der Waals surface area (Å²) in [5.41, 5.74) is 14.7.